The predicted octanol–water partition coefficient (Wildman–Crippen LogP) is -0.607. The lowest BCUT2D eigenvalue weighted by Crippen LogP contribution is -2.48. The van der Waals surface area contributed by atoms with Crippen molar-refractivity contribution in [3.05, 3.63) is 0 Å². The molecule has 9 heavy (non-hydrogen) atoms. The fraction of sp³-hybridized carbons (Fsp3) is 1.00. The lowest BCUT2D eigenvalue weighted by molar-refractivity contribution is -0.934. The van der Waals surface area contributed by atoms with E-state index in [0.29, 0.717) is 11.0 Å². The minimum absolute atomic E-state index is 0.123. The summed E-state index contributed by atoms with van der Waals surface area (Å²) in [7, 11) is 3.75. The standard InChI is InChI=1S/C6H16NO2/c1-6(9)7(2,3)4-5-8/h6,8-9H,4-5H2,1-3H3/q+1. The van der Waals surface area contributed by atoms with Crippen LogP contribution < -0.4 is 0 Å². The molecule has 0 bridgehead atoms. The number of quaternary nitrogens is 1. The summed E-state index contributed by atoms with van der Waals surface area (Å²) in [5, 5.41) is 17.6. The topological polar surface area (TPSA) is 40.5 Å². The van der Waals surface area contributed by atoms with Gasteiger partial charge in [0.15, 0.2) is 6.23 Å². The molecule has 0 amide bonds. The Kier molecular flexibility index (Phi) is 3.11. The van der Waals surface area contributed by atoms with Gasteiger partial charge in [-0.05, 0) is 0 Å². The fourth-order valence-corrected chi connectivity index (χ4v) is 0.445. The Hall–Kier alpha value is -0.120. The summed E-state index contributed by atoms with van der Waals surface area (Å²) < 4.78 is 0.455. The maximum atomic E-state index is 9.07. The number of likely N-dealkylation sites (N-methyl/N-ethyl adjacent to an activating group) is 1. The minimum atomic E-state index is -0.405. The van der Waals surface area contributed by atoms with Crippen LogP contribution in [0.4, 0.5) is 0 Å². The molecule has 0 radical (unpaired) electrons. The van der Waals surface area contributed by atoms with E-state index in [0.717, 1.165) is 0 Å². The first-order valence-electron chi connectivity index (χ1n) is 3.12. The summed E-state index contributed by atoms with van der Waals surface area (Å²) in [6.45, 7) is 2.44. The Morgan fingerprint density at radius 2 is 1.89 bits per heavy atom. The molecule has 3 heteroatoms. The van der Waals surface area contributed by atoms with Crippen LogP contribution in [0.1, 0.15) is 6.92 Å². The summed E-state index contributed by atoms with van der Waals surface area (Å²) in [6.07, 6.45) is -0.405. The van der Waals surface area contributed by atoms with Crippen molar-refractivity contribution in [2.45, 2.75) is 13.2 Å². The lowest BCUT2D eigenvalue weighted by atomic mass is 10.4. The summed E-state index contributed by atoms with van der Waals surface area (Å²) >= 11 is 0. The molecular formula is C6H16NO2+. The van der Waals surface area contributed by atoms with Crippen LogP contribution in [-0.2, 0) is 0 Å². The van der Waals surface area contributed by atoms with Crippen LogP contribution in [0.15, 0.2) is 0 Å². The van der Waals surface area contributed by atoms with Gasteiger partial charge in [0, 0.05) is 6.92 Å². The average molecular weight is 134 g/mol. The van der Waals surface area contributed by atoms with Crippen LogP contribution in [0.5, 0.6) is 0 Å². The highest BCUT2D eigenvalue weighted by atomic mass is 16.3. The maximum Gasteiger partial charge on any atom is 0.187 e. The van der Waals surface area contributed by atoms with Gasteiger partial charge >= 0.3 is 0 Å². The number of hydrogen-bond donors (Lipinski definition) is 2. The zero-order valence-electron chi connectivity index (χ0n) is 6.33. The molecule has 0 saturated carbocycles. The van der Waals surface area contributed by atoms with Gasteiger partial charge in [0.2, 0.25) is 0 Å². The van der Waals surface area contributed by atoms with E-state index in [4.69, 9.17) is 10.2 Å². The number of hydrogen-bond acceptors (Lipinski definition) is 2. The molecule has 3 nitrogen and oxygen atoms in total. The maximum absolute atomic E-state index is 9.07. The molecule has 56 valence electrons. The monoisotopic (exact) mass is 134 g/mol. The molecule has 0 aromatic carbocycles. The van der Waals surface area contributed by atoms with Gasteiger partial charge in [0.25, 0.3) is 0 Å². The lowest BCUT2D eigenvalue weighted by Gasteiger charge is -2.31. The third kappa shape index (κ3) is 2.79. The van der Waals surface area contributed by atoms with E-state index in [1.807, 2.05) is 14.1 Å². The molecule has 0 rings (SSSR count). The van der Waals surface area contributed by atoms with Crippen molar-refractivity contribution >= 4 is 0 Å². The molecule has 1 unspecified atom stereocenters. The minimum Gasteiger partial charge on any atom is -0.391 e. The van der Waals surface area contributed by atoms with Crippen molar-refractivity contribution in [2.75, 3.05) is 27.2 Å². The van der Waals surface area contributed by atoms with E-state index in [-0.39, 0.29) is 6.61 Å². The van der Waals surface area contributed by atoms with E-state index >= 15 is 0 Å². The van der Waals surface area contributed by atoms with Gasteiger partial charge in [-0.15, -0.1) is 0 Å². The molecule has 1 atom stereocenters. The van der Waals surface area contributed by atoms with Crippen molar-refractivity contribution in [1.29, 1.82) is 0 Å². The molecule has 2 N–H and O–H groups in total. The van der Waals surface area contributed by atoms with Crippen molar-refractivity contribution in [3.63, 3.8) is 0 Å². The second kappa shape index (κ2) is 3.15. The Bertz CT molecular complexity index is 81.1. The van der Waals surface area contributed by atoms with Crippen LogP contribution in [0.3, 0.4) is 0 Å². The van der Waals surface area contributed by atoms with Crippen molar-refractivity contribution in [3.8, 4) is 0 Å². The quantitative estimate of drug-likeness (QED) is 0.399. The zero-order chi connectivity index (χ0) is 7.49. The molecule has 0 saturated heterocycles. The summed E-state index contributed by atoms with van der Waals surface area (Å²) in [5.41, 5.74) is 0. The SMILES string of the molecule is CC(O)[N+](C)(C)CCO. The van der Waals surface area contributed by atoms with Crippen LogP contribution in [0.2, 0.25) is 0 Å². The Labute approximate surface area is 56.1 Å². The molecule has 0 aliphatic rings. The number of rotatable bonds is 3. The first kappa shape index (κ1) is 8.88. The van der Waals surface area contributed by atoms with Gasteiger partial charge < -0.3 is 14.7 Å². The van der Waals surface area contributed by atoms with E-state index in [2.05, 4.69) is 0 Å². The van der Waals surface area contributed by atoms with Crippen molar-refractivity contribution < 1.29 is 14.7 Å². The van der Waals surface area contributed by atoms with Crippen LogP contribution in [0, 0.1) is 0 Å². The Balaban J connectivity index is 3.70. The fourth-order valence-electron chi connectivity index (χ4n) is 0.445. The summed E-state index contributed by atoms with van der Waals surface area (Å²) in [4.78, 5) is 0. The van der Waals surface area contributed by atoms with Crippen molar-refractivity contribution in [2.24, 2.45) is 0 Å². The highest BCUT2D eigenvalue weighted by Crippen LogP contribution is 2.00. The molecule has 0 aliphatic carbocycles. The highest BCUT2D eigenvalue weighted by molar-refractivity contribution is 4.30. The second-order valence-corrected chi connectivity index (χ2v) is 2.86. The molecule has 0 aromatic heterocycles. The number of aliphatic hydroxyl groups excluding tert-OH is 2. The van der Waals surface area contributed by atoms with Gasteiger partial charge in [0.05, 0.1) is 20.7 Å². The molecule has 0 aliphatic heterocycles. The third-order valence-corrected chi connectivity index (χ3v) is 1.69. The number of nitrogens with zero attached hydrogens (tertiary/aromatic N) is 1. The van der Waals surface area contributed by atoms with E-state index in [9.17, 15) is 0 Å². The summed E-state index contributed by atoms with van der Waals surface area (Å²) in [6, 6.07) is 0. The smallest absolute Gasteiger partial charge is 0.187 e. The first-order chi connectivity index (χ1) is 4.00. The van der Waals surface area contributed by atoms with Gasteiger partial charge in [-0.2, -0.15) is 0 Å². The highest BCUT2D eigenvalue weighted by Gasteiger charge is 2.19. The molecule has 0 heterocycles. The Morgan fingerprint density at radius 1 is 1.44 bits per heavy atom. The van der Waals surface area contributed by atoms with E-state index < -0.39 is 6.23 Å². The van der Waals surface area contributed by atoms with Crippen LogP contribution in [0.25, 0.3) is 0 Å². The molecule has 0 fully saturated rings. The van der Waals surface area contributed by atoms with Crippen molar-refractivity contribution in [1.82, 2.24) is 0 Å². The zero-order valence-corrected chi connectivity index (χ0v) is 6.33. The molecular weight excluding hydrogens is 118 g/mol. The Morgan fingerprint density at radius 3 is 2.00 bits per heavy atom. The normalized spacial score (nSPS) is 15.7. The van der Waals surface area contributed by atoms with Gasteiger partial charge in [-0.1, -0.05) is 0 Å². The van der Waals surface area contributed by atoms with Gasteiger partial charge in [-0.3, -0.25) is 0 Å². The van der Waals surface area contributed by atoms with Gasteiger partial charge in [0.1, 0.15) is 6.54 Å². The van der Waals surface area contributed by atoms with Gasteiger partial charge in [-0.25, -0.2) is 0 Å². The largest absolute Gasteiger partial charge is 0.391 e. The van der Waals surface area contributed by atoms with Crippen LogP contribution in [-0.4, -0.2) is 48.2 Å². The van der Waals surface area contributed by atoms with E-state index in [1.165, 1.54) is 0 Å². The summed E-state index contributed by atoms with van der Waals surface area (Å²) in [5.74, 6) is 0. The molecule has 0 aromatic rings. The second-order valence-electron chi connectivity index (χ2n) is 2.86. The predicted molar refractivity (Wildman–Crippen MR) is 35.7 cm³/mol. The third-order valence-electron chi connectivity index (χ3n) is 1.69. The van der Waals surface area contributed by atoms with E-state index in [1.54, 1.807) is 6.92 Å². The first-order valence-corrected chi connectivity index (χ1v) is 3.12. The van der Waals surface area contributed by atoms with Crippen LogP contribution >= 0.6 is 0 Å². The number of aliphatic hydroxyl groups is 2. The molecule has 0 spiro atoms. The average Bonchev–Trinajstić information content (AvgIpc) is 1.65.